The number of benzene rings is 1. The van der Waals surface area contributed by atoms with Gasteiger partial charge < -0.3 is 10.2 Å². The lowest BCUT2D eigenvalue weighted by Gasteiger charge is -2.00. The molecule has 1 heterocycles. The molecule has 0 atom stereocenters. The van der Waals surface area contributed by atoms with Crippen molar-refractivity contribution in [2.24, 2.45) is 0 Å². The molecule has 0 bridgehead atoms. The van der Waals surface area contributed by atoms with Crippen LogP contribution in [0.4, 0.5) is 5.69 Å². The molecule has 72 valence electrons. The summed E-state index contributed by atoms with van der Waals surface area (Å²) >= 11 is 0. The molecule has 0 unspecified atom stereocenters. The van der Waals surface area contributed by atoms with E-state index in [-0.39, 0.29) is 0 Å². The molecule has 2 N–H and O–H groups in total. The quantitative estimate of drug-likeness (QED) is 0.785. The van der Waals surface area contributed by atoms with Gasteiger partial charge in [0.25, 0.3) is 0 Å². The van der Waals surface area contributed by atoms with Gasteiger partial charge in [-0.15, -0.1) is 0 Å². The Hall–Kier alpha value is -1.70. The third-order valence-electron chi connectivity index (χ3n) is 2.23. The number of nitrogens with two attached hydrogens (primary N) is 1. The van der Waals surface area contributed by atoms with E-state index in [0.29, 0.717) is 0 Å². The maximum atomic E-state index is 5.73. The van der Waals surface area contributed by atoms with E-state index in [2.05, 4.69) is 25.1 Å². The number of hydrogen-bond donors (Lipinski definition) is 1. The van der Waals surface area contributed by atoms with Gasteiger partial charge in [0, 0.05) is 6.42 Å². The van der Waals surface area contributed by atoms with Crippen LogP contribution in [0.15, 0.2) is 41.0 Å². The molecule has 0 amide bonds. The topological polar surface area (TPSA) is 39.2 Å². The maximum Gasteiger partial charge on any atom is 0.130 e. The first-order chi connectivity index (χ1) is 6.75. The summed E-state index contributed by atoms with van der Waals surface area (Å²) in [6, 6.07) is 10.1. The fourth-order valence-electron chi connectivity index (χ4n) is 1.50. The Morgan fingerprint density at radius 1 is 1.29 bits per heavy atom. The third kappa shape index (κ3) is 1.79. The Kier molecular flexibility index (Phi) is 2.27. The van der Waals surface area contributed by atoms with Crippen molar-refractivity contribution in [2.45, 2.75) is 13.3 Å². The zero-order chi connectivity index (χ0) is 9.97. The Labute approximate surface area is 83.4 Å². The Balaban J connectivity index is 2.23. The normalized spacial score (nSPS) is 10.4. The van der Waals surface area contributed by atoms with Crippen LogP contribution in [0.3, 0.4) is 0 Å². The second-order valence-electron chi connectivity index (χ2n) is 3.46. The molecule has 0 saturated heterocycles. The van der Waals surface area contributed by atoms with E-state index in [0.717, 1.165) is 17.9 Å². The molecule has 1 aromatic heterocycles. The molecular formula is C12H13NO. The molecule has 0 aliphatic carbocycles. The summed E-state index contributed by atoms with van der Waals surface area (Å²) in [7, 11) is 0. The number of rotatable bonds is 2. The minimum absolute atomic E-state index is 0.728. The van der Waals surface area contributed by atoms with Gasteiger partial charge in [-0.2, -0.15) is 0 Å². The van der Waals surface area contributed by atoms with Crippen LogP contribution in [-0.4, -0.2) is 0 Å². The molecule has 0 radical (unpaired) electrons. The van der Waals surface area contributed by atoms with E-state index in [9.17, 15) is 0 Å². The lowest BCUT2D eigenvalue weighted by Crippen LogP contribution is -1.91. The van der Waals surface area contributed by atoms with Crippen molar-refractivity contribution in [1.82, 2.24) is 0 Å². The van der Waals surface area contributed by atoms with Crippen LogP contribution >= 0.6 is 0 Å². The predicted molar refractivity (Wildman–Crippen MR) is 57.1 cm³/mol. The van der Waals surface area contributed by atoms with Gasteiger partial charge in [-0.05, 0) is 18.6 Å². The van der Waals surface area contributed by atoms with E-state index in [1.54, 1.807) is 12.3 Å². The second-order valence-corrected chi connectivity index (χ2v) is 3.46. The molecule has 2 nitrogen and oxygen atoms in total. The molecule has 14 heavy (non-hydrogen) atoms. The van der Waals surface area contributed by atoms with Crippen molar-refractivity contribution in [3.63, 3.8) is 0 Å². The van der Waals surface area contributed by atoms with Gasteiger partial charge in [0.05, 0.1) is 12.0 Å². The summed E-state index contributed by atoms with van der Waals surface area (Å²) in [6.07, 6.45) is 2.39. The molecule has 0 aliphatic rings. The SMILES string of the molecule is Cc1cccc(Cc2occc2N)c1. The lowest BCUT2D eigenvalue weighted by atomic mass is 10.1. The largest absolute Gasteiger partial charge is 0.467 e. The van der Waals surface area contributed by atoms with Gasteiger partial charge in [0.2, 0.25) is 0 Å². The summed E-state index contributed by atoms with van der Waals surface area (Å²) < 4.78 is 5.28. The van der Waals surface area contributed by atoms with E-state index < -0.39 is 0 Å². The molecule has 0 saturated carbocycles. The van der Waals surface area contributed by atoms with Crippen molar-refractivity contribution < 1.29 is 4.42 Å². The highest BCUT2D eigenvalue weighted by atomic mass is 16.3. The zero-order valence-electron chi connectivity index (χ0n) is 8.16. The Morgan fingerprint density at radius 2 is 2.14 bits per heavy atom. The van der Waals surface area contributed by atoms with Crippen molar-refractivity contribution in [1.29, 1.82) is 0 Å². The highest BCUT2D eigenvalue weighted by Crippen LogP contribution is 2.17. The zero-order valence-corrected chi connectivity index (χ0v) is 8.16. The summed E-state index contributed by atoms with van der Waals surface area (Å²) in [4.78, 5) is 0. The van der Waals surface area contributed by atoms with Crippen molar-refractivity contribution in [3.05, 3.63) is 53.5 Å². The van der Waals surface area contributed by atoms with Gasteiger partial charge >= 0.3 is 0 Å². The molecular weight excluding hydrogens is 174 g/mol. The van der Waals surface area contributed by atoms with Crippen LogP contribution in [-0.2, 0) is 6.42 Å². The average molecular weight is 187 g/mol. The van der Waals surface area contributed by atoms with Crippen LogP contribution < -0.4 is 5.73 Å². The van der Waals surface area contributed by atoms with Gasteiger partial charge in [-0.1, -0.05) is 29.8 Å². The fraction of sp³-hybridized carbons (Fsp3) is 0.167. The minimum atomic E-state index is 0.728. The average Bonchev–Trinajstić information content (AvgIpc) is 2.52. The lowest BCUT2D eigenvalue weighted by molar-refractivity contribution is 0.522. The fourth-order valence-corrected chi connectivity index (χ4v) is 1.50. The van der Waals surface area contributed by atoms with Gasteiger partial charge in [0.1, 0.15) is 5.76 Å². The van der Waals surface area contributed by atoms with Crippen LogP contribution in [0.2, 0.25) is 0 Å². The summed E-state index contributed by atoms with van der Waals surface area (Å²) in [5, 5.41) is 0. The van der Waals surface area contributed by atoms with E-state index in [1.165, 1.54) is 11.1 Å². The smallest absolute Gasteiger partial charge is 0.130 e. The maximum absolute atomic E-state index is 5.73. The second kappa shape index (κ2) is 3.58. The van der Waals surface area contributed by atoms with E-state index in [1.807, 2.05) is 6.07 Å². The number of hydrogen-bond acceptors (Lipinski definition) is 2. The molecule has 2 heteroatoms. The molecule has 2 aromatic rings. The van der Waals surface area contributed by atoms with E-state index in [4.69, 9.17) is 10.2 Å². The molecule has 0 spiro atoms. The first-order valence-electron chi connectivity index (χ1n) is 4.63. The van der Waals surface area contributed by atoms with Gasteiger partial charge in [-0.3, -0.25) is 0 Å². The molecule has 0 fully saturated rings. The standard InChI is InChI=1S/C12H13NO/c1-9-3-2-4-10(7-9)8-12-11(13)5-6-14-12/h2-7H,8,13H2,1H3. The van der Waals surface area contributed by atoms with Crippen molar-refractivity contribution >= 4 is 5.69 Å². The Morgan fingerprint density at radius 3 is 2.79 bits per heavy atom. The minimum Gasteiger partial charge on any atom is -0.467 e. The number of furan rings is 1. The summed E-state index contributed by atoms with van der Waals surface area (Å²) in [5.41, 5.74) is 8.95. The highest BCUT2D eigenvalue weighted by Gasteiger charge is 2.03. The first kappa shape index (κ1) is 8.88. The number of nitrogen functional groups attached to an aromatic ring is 1. The number of aryl methyl sites for hydroxylation is 1. The Bertz CT molecular complexity index is 431. The van der Waals surface area contributed by atoms with Gasteiger partial charge in [0.15, 0.2) is 0 Å². The van der Waals surface area contributed by atoms with Crippen LogP contribution in [0, 0.1) is 6.92 Å². The molecule has 0 aliphatic heterocycles. The van der Waals surface area contributed by atoms with Crippen LogP contribution in [0.5, 0.6) is 0 Å². The summed E-state index contributed by atoms with van der Waals surface area (Å²) in [5.74, 6) is 0.843. The van der Waals surface area contributed by atoms with E-state index >= 15 is 0 Å². The predicted octanol–water partition coefficient (Wildman–Crippen LogP) is 2.76. The van der Waals surface area contributed by atoms with Crippen LogP contribution in [0.1, 0.15) is 16.9 Å². The highest BCUT2D eigenvalue weighted by molar-refractivity contribution is 5.43. The van der Waals surface area contributed by atoms with Crippen molar-refractivity contribution in [3.8, 4) is 0 Å². The summed E-state index contributed by atoms with van der Waals surface area (Å²) in [6.45, 7) is 2.08. The third-order valence-corrected chi connectivity index (χ3v) is 2.23. The van der Waals surface area contributed by atoms with Gasteiger partial charge in [-0.25, -0.2) is 0 Å². The molecule has 1 aromatic carbocycles. The first-order valence-corrected chi connectivity index (χ1v) is 4.63. The molecule has 2 rings (SSSR count). The van der Waals surface area contributed by atoms with Crippen molar-refractivity contribution in [2.75, 3.05) is 5.73 Å². The number of anilines is 1. The monoisotopic (exact) mass is 187 g/mol. The van der Waals surface area contributed by atoms with Crippen LogP contribution in [0.25, 0.3) is 0 Å².